The largest absolute Gasteiger partial charge is 0.310 e. The van der Waals surface area contributed by atoms with Gasteiger partial charge in [-0.15, -0.1) is 0 Å². The van der Waals surface area contributed by atoms with E-state index in [1.807, 2.05) is 65.6 Å². The maximum Gasteiger partial charge on any atom is 0.243 e. The molecule has 0 saturated heterocycles. The number of unbranched alkanes of at least 4 members (excludes halogenated alkanes) is 3. The summed E-state index contributed by atoms with van der Waals surface area (Å²) in [4.78, 5) is 34.3. The lowest BCUT2D eigenvalue weighted by molar-refractivity contribution is -0.129. The third-order valence-electron chi connectivity index (χ3n) is 5.11. The van der Waals surface area contributed by atoms with Crippen LogP contribution in [0.25, 0.3) is 0 Å². The van der Waals surface area contributed by atoms with Gasteiger partial charge in [0.15, 0.2) is 5.78 Å². The summed E-state index contributed by atoms with van der Waals surface area (Å²) in [5, 5.41) is 11.6. The molecule has 3 N–H and O–H groups in total. The van der Waals surface area contributed by atoms with E-state index >= 15 is 0 Å². The van der Waals surface area contributed by atoms with Crippen LogP contribution in [0.4, 0.5) is 17.3 Å². The second-order valence-corrected chi connectivity index (χ2v) is 7.58. The molecule has 33 heavy (non-hydrogen) atoms. The van der Waals surface area contributed by atoms with Crippen molar-refractivity contribution in [2.75, 3.05) is 18.0 Å². The van der Waals surface area contributed by atoms with Gasteiger partial charge in [-0.05, 0) is 43.7 Å². The highest BCUT2D eigenvalue weighted by Gasteiger charge is 2.15. The van der Waals surface area contributed by atoms with Crippen LogP contribution in [0.2, 0.25) is 0 Å². The van der Waals surface area contributed by atoms with Gasteiger partial charge in [0.05, 0.1) is 12.1 Å². The number of amides is 1. The Labute approximate surface area is 193 Å². The van der Waals surface area contributed by atoms with Crippen LogP contribution in [-0.2, 0) is 4.79 Å². The number of Topliss-reactive ketones (excluding diaryl/α,β-unsaturated/α-hetero) is 1. The number of anilines is 3. The summed E-state index contributed by atoms with van der Waals surface area (Å²) in [5.74, 6) is 0.0709. The molecule has 1 aromatic heterocycles. The van der Waals surface area contributed by atoms with E-state index in [-0.39, 0.29) is 18.2 Å². The smallest absolute Gasteiger partial charge is 0.243 e. The van der Waals surface area contributed by atoms with Gasteiger partial charge < -0.3 is 5.32 Å². The summed E-state index contributed by atoms with van der Waals surface area (Å²) in [6, 6.07) is 19.7. The second kappa shape index (κ2) is 13.0. The molecular weight excluding hydrogens is 418 g/mol. The highest BCUT2D eigenvalue weighted by atomic mass is 16.5. The van der Waals surface area contributed by atoms with Crippen molar-refractivity contribution >= 4 is 29.0 Å². The standard InChI is InChI=1S/C25H29N5O3/c31-23(19-26-16-10-2-1-9-15-24(32)29-33)20-17-27-25(28-18-20)30(21-11-5-3-6-12-21)22-13-7-4-8-14-22/h3-8,11-14,17-18,26,33H,1-2,9-10,15-16,19H2,(H,29,32). The number of hydrogen-bond donors (Lipinski definition) is 3. The quantitative estimate of drug-likeness (QED) is 0.156. The van der Waals surface area contributed by atoms with Gasteiger partial charge in [-0.2, -0.15) is 0 Å². The number of carbonyl (C=O) groups is 2. The molecule has 3 rings (SSSR count). The first-order chi connectivity index (χ1) is 16.2. The van der Waals surface area contributed by atoms with Gasteiger partial charge in [0.2, 0.25) is 11.9 Å². The van der Waals surface area contributed by atoms with Gasteiger partial charge in [0.1, 0.15) is 0 Å². The van der Waals surface area contributed by atoms with Crippen LogP contribution in [0, 0.1) is 0 Å². The zero-order valence-corrected chi connectivity index (χ0v) is 18.5. The monoisotopic (exact) mass is 447 g/mol. The molecule has 0 fully saturated rings. The van der Waals surface area contributed by atoms with Gasteiger partial charge in [-0.1, -0.05) is 49.2 Å². The zero-order chi connectivity index (χ0) is 23.3. The fourth-order valence-corrected chi connectivity index (χ4v) is 3.36. The van der Waals surface area contributed by atoms with Crippen LogP contribution >= 0.6 is 0 Å². The number of nitrogens with zero attached hydrogens (tertiary/aromatic N) is 3. The molecule has 3 aromatic rings. The van der Waals surface area contributed by atoms with Crippen LogP contribution in [-0.4, -0.2) is 40.0 Å². The van der Waals surface area contributed by atoms with Crippen molar-refractivity contribution in [3.05, 3.63) is 78.6 Å². The maximum absolute atomic E-state index is 12.5. The third-order valence-corrected chi connectivity index (χ3v) is 5.11. The minimum absolute atomic E-state index is 0.0628. The topological polar surface area (TPSA) is 107 Å². The average Bonchev–Trinajstić information content (AvgIpc) is 2.87. The van der Waals surface area contributed by atoms with Gasteiger partial charge in [-0.25, -0.2) is 15.4 Å². The first-order valence-corrected chi connectivity index (χ1v) is 11.1. The van der Waals surface area contributed by atoms with Crippen molar-refractivity contribution in [3.8, 4) is 0 Å². The molecule has 1 amide bonds. The normalized spacial score (nSPS) is 10.6. The molecule has 172 valence electrons. The highest BCUT2D eigenvalue weighted by molar-refractivity contribution is 5.97. The number of rotatable bonds is 13. The molecule has 0 unspecified atom stereocenters. The lowest BCUT2D eigenvalue weighted by atomic mass is 10.1. The molecular formula is C25H29N5O3. The van der Waals surface area contributed by atoms with Gasteiger partial charge in [-0.3, -0.25) is 19.7 Å². The molecule has 0 aliphatic carbocycles. The number of para-hydroxylation sites is 2. The third kappa shape index (κ3) is 7.48. The molecule has 0 radical (unpaired) electrons. The molecule has 8 nitrogen and oxygen atoms in total. The van der Waals surface area contributed by atoms with Gasteiger partial charge in [0.25, 0.3) is 0 Å². The molecule has 0 spiro atoms. The van der Waals surface area contributed by atoms with E-state index in [1.165, 1.54) is 0 Å². The molecule has 0 aliphatic rings. The summed E-state index contributed by atoms with van der Waals surface area (Å²) in [5.41, 5.74) is 3.95. The summed E-state index contributed by atoms with van der Waals surface area (Å²) in [7, 11) is 0. The Bertz CT molecular complexity index is 958. The number of benzene rings is 2. The van der Waals surface area contributed by atoms with Crippen molar-refractivity contribution in [1.82, 2.24) is 20.8 Å². The minimum atomic E-state index is -0.359. The Hall–Kier alpha value is -3.62. The van der Waals surface area contributed by atoms with E-state index in [1.54, 1.807) is 17.9 Å². The van der Waals surface area contributed by atoms with Gasteiger partial charge in [0, 0.05) is 30.2 Å². The first kappa shape index (κ1) is 24.0. The SMILES string of the molecule is O=C(CCCCCCNCC(=O)c1cnc(N(c2ccccc2)c2ccccc2)nc1)NO. The van der Waals surface area contributed by atoms with Gasteiger partial charge >= 0.3 is 0 Å². The zero-order valence-electron chi connectivity index (χ0n) is 18.5. The first-order valence-electron chi connectivity index (χ1n) is 11.1. The average molecular weight is 448 g/mol. The summed E-state index contributed by atoms with van der Waals surface area (Å²) < 4.78 is 0. The Balaban J connectivity index is 1.51. The molecule has 0 aliphatic heterocycles. The maximum atomic E-state index is 12.5. The lowest BCUT2D eigenvalue weighted by Crippen LogP contribution is -2.24. The van der Waals surface area contributed by atoms with Crippen molar-refractivity contribution < 1.29 is 14.8 Å². The number of hydrogen-bond acceptors (Lipinski definition) is 7. The minimum Gasteiger partial charge on any atom is -0.310 e. The Morgan fingerprint density at radius 3 is 1.97 bits per heavy atom. The lowest BCUT2D eigenvalue weighted by Gasteiger charge is -2.22. The van der Waals surface area contributed by atoms with Crippen molar-refractivity contribution in [3.63, 3.8) is 0 Å². The number of carbonyl (C=O) groups excluding carboxylic acids is 2. The van der Waals surface area contributed by atoms with Crippen molar-refractivity contribution in [2.24, 2.45) is 0 Å². The van der Waals surface area contributed by atoms with Crippen molar-refractivity contribution in [1.29, 1.82) is 0 Å². The van der Waals surface area contributed by atoms with Crippen LogP contribution < -0.4 is 15.7 Å². The van der Waals surface area contributed by atoms with E-state index in [0.29, 0.717) is 24.5 Å². The molecule has 1 heterocycles. The highest BCUT2D eigenvalue weighted by Crippen LogP contribution is 2.31. The number of nitrogens with one attached hydrogen (secondary N) is 2. The fraction of sp³-hybridized carbons (Fsp3) is 0.280. The number of aromatic nitrogens is 2. The predicted molar refractivity (Wildman–Crippen MR) is 127 cm³/mol. The molecule has 0 saturated carbocycles. The number of ketones is 1. The van der Waals surface area contributed by atoms with Crippen molar-refractivity contribution in [2.45, 2.75) is 32.1 Å². The Kier molecular flexibility index (Phi) is 9.50. The summed E-state index contributed by atoms with van der Waals surface area (Å²) >= 11 is 0. The summed E-state index contributed by atoms with van der Waals surface area (Å²) in [6.45, 7) is 0.934. The fourth-order valence-electron chi connectivity index (χ4n) is 3.36. The van der Waals surface area contributed by atoms with Crippen LogP contribution in [0.15, 0.2) is 73.1 Å². The Morgan fingerprint density at radius 2 is 1.39 bits per heavy atom. The molecule has 8 heteroatoms. The number of hydroxylamine groups is 1. The molecule has 0 bridgehead atoms. The molecule has 2 aromatic carbocycles. The van der Waals surface area contributed by atoms with Crippen LogP contribution in [0.5, 0.6) is 0 Å². The van der Waals surface area contributed by atoms with Crippen LogP contribution in [0.3, 0.4) is 0 Å². The van der Waals surface area contributed by atoms with E-state index in [2.05, 4.69) is 15.3 Å². The molecule has 0 atom stereocenters. The van der Waals surface area contributed by atoms with E-state index in [0.717, 1.165) is 37.1 Å². The summed E-state index contributed by atoms with van der Waals surface area (Å²) in [6.07, 6.45) is 6.95. The van der Waals surface area contributed by atoms with E-state index in [9.17, 15) is 9.59 Å². The van der Waals surface area contributed by atoms with Crippen LogP contribution in [0.1, 0.15) is 42.5 Å². The van der Waals surface area contributed by atoms with E-state index < -0.39 is 0 Å². The second-order valence-electron chi connectivity index (χ2n) is 7.58. The Morgan fingerprint density at radius 1 is 0.818 bits per heavy atom. The van der Waals surface area contributed by atoms with E-state index in [4.69, 9.17) is 5.21 Å². The predicted octanol–water partition coefficient (Wildman–Crippen LogP) is 4.17.